The summed E-state index contributed by atoms with van der Waals surface area (Å²) in [6.07, 6.45) is 8.39. The fourth-order valence-electron chi connectivity index (χ4n) is 3.92. The van der Waals surface area contributed by atoms with E-state index in [0.717, 1.165) is 13.2 Å². The third kappa shape index (κ3) is 8.37. The zero-order valence-corrected chi connectivity index (χ0v) is 26.9. The molecule has 0 bridgehead atoms. The normalized spacial score (nSPS) is 26.2. The highest BCUT2D eigenvalue weighted by atomic mass is 28.4. The van der Waals surface area contributed by atoms with Crippen LogP contribution in [-0.4, -0.2) is 37.9 Å². The number of hydrogen-bond donors (Lipinski definition) is 0. The maximum atomic E-state index is 6.81. The lowest BCUT2D eigenvalue weighted by Gasteiger charge is -2.40. The van der Waals surface area contributed by atoms with Crippen molar-refractivity contribution in [1.82, 2.24) is 0 Å². The molecule has 1 aliphatic carbocycles. The van der Waals surface area contributed by atoms with E-state index in [0.29, 0.717) is 23.7 Å². The Balaban J connectivity index is 3.13. The number of rotatable bonds is 10. The van der Waals surface area contributed by atoms with E-state index in [1.807, 2.05) is 0 Å². The monoisotopic (exact) mass is 496 g/mol. The van der Waals surface area contributed by atoms with Gasteiger partial charge in [-0.05, 0) is 72.4 Å². The van der Waals surface area contributed by atoms with Crippen molar-refractivity contribution in [3.8, 4) is 0 Å². The van der Waals surface area contributed by atoms with E-state index >= 15 is 0 Å². The Morgan fingerprint density at radius 3 is 1.50 bits per heavy atom. The molecule has 0 amide bonds. The van der Waals surface area contributed by atoms with Crippen molar-refractivity contribution >= 4 is 24.7 Å². The lowest BCUT2D eigenvalue weighted by molar-refractivity contribution is 0.124. The smallest absolute Gasteiger partial charge is 0.191 e. The van der Waals surface area contributed by atoms with E-state index in [4.69, 9.17) is 8.85 Å². The molecule has 0 N–H and O–H groups in total. The van der Waals surface area contributed by atoms with Crippen molar-refractivity contribution in [2.75, 3.05) is 13.2 Å². The van der Waals surface area contributed by atoms with Crippen LogP contribution in [0.5, 0.6) is 0 Å². The molecule has 2 nitrogen and oxygen atoms in total. The Morgan fingerprint density at radius 2 is 1.16 bits per heavy atom. The second kappa shape index (κ2) is 10.8. The van der Waals surface area contributed by atoms with Gasteiger partial charge in [0.2, 0.25) is 0 Å². The fourth-order valence-corrected chi connectivity index (χ4v) is 6.85. The molecule has 0 radical (unpaired) electrons. The van der Waals surface area contributed by atoms with Gasteiger partial charge in [0.1, 0.15) is 0 Å². The second-order valence-electron chi connectivity index (χ2n) is 14.5. The van der Waals surface area contributed by atoms with Gasteiger partial charge in [-0.1, -0.05) is 79.4 Å². The van der Waals surface area contributed by atoms with Crippen LogP contribution < -0.4 is 0 Å². The van der Waals surface area contributed by atoms with Crippen molar-refractivity contribution < 1.29 is 8.85 Å². The molecule has 1 fully saturated rings. The van der Waals surface area contributed by atoms with Crippen LogP contribution in [0.25, 0.3) is 0 Å². The minimum Gasteiger partial charge on any atom is -0.417 e. The Bertz CT molecular complexity index is 633. The van der Waals surface area contributed by atoms with Crippen LogP contribution in [0, 0.1) is 23.7 Å². The maximum Gasteiger partial charge on any atom is 0.191 e. The van der Waals surface area contributed by atoms with E-state index < -0.39 is 24.7 Å². The van der Waals surface area contributed by atoms with Crippen molar-refractivity contribution in [3.05, 3.63) is 24.8 Å². The first-order valence-electron chi connectivity index (χ1n) is 12.8. The molecule has 0 spiro atoms. The molecule has 32 heavy (non-hydrogen) atoms. The van der Waals surface area contributed by atoms with Crippen LogP contribution in [0.15, 0.2) is 24.8 Å². The van der Waals surface area contributed by atoms with Crippen LogP contribution in [-0.2, 0) is 8.85 Å². The third-order valence-corrected chi connectivity index (χ3v) is 19.0. The first kappa shape index (κ1) is 30.1. The Labute approximate surface area is 204 Å². The maximum absolute atomic E-state index is 6.81. The van der Waals surface area contributed by atoms with E-state index in [1.165, 1.54) is 12.5 Å². The van der Waals surface area contributed by atoms with Crippen LogP contribution >= 0.6 is 0 Å². The molecule has 0 aromatic carbocycles. The van der Waals surface area contributed by atoms with Crippen LogP contribution in [0.4, 0.5) is 0 Å². The predicted molar refractivity (Wildman–Crippen MR) is 152 cm³/mol. The van der Waals surface area contributed by atoms with Gasteiger partial charge in [0.05, 0.1) is 0 Å². The van der Waals surface area contributed by atoms with E-state index in [-0.39, 0.29) is 10.1 Å². The molecule has 0 unspecified atom stereocenters. The average Bonchev–Trinajstić information content (AvgIpc) is 2.92. The summed E-state index contributed by atoms with van der Waals surface area (Å²) < 4.78 is 13.6. The summed E-state index contributed by atoms with van der Waals surface area (Å²) >= 11 is 0. The summed E-state index contributed by atoms with van der Waals surface area (Å²) in [4.78, 5) is 0. The molecule has 5 heteroatoms. The minimum atomic E-state index is -1.79. The molecule has 1 aliphatic rings. The van der Waals surface area contributed by atoms with Gasteiger partial charge >= 0.3 is 0 Å². The van der Waals surface area contributed by atoms with Crippen LogP contribution in [0.2, 0.25) is 61.9 Å². The van der Waals surface area contributed by atoms with Crippen LogP contribution in [0.3, 0.4) is 0 Å². The topological polar surface area (TPSA) is 18.5 Å². The van der Waals surface area contributed by atoms with Crippen molar-refractivity contribution in [2.45, 2.75) is 110 Å². The molecule has 0 aromatic rings. The fraction of sp³-hybridized carbons (Fsp3) is 0.852. The highest BCUT2D eigenvalue weighted by Crippen LogP contribution is 2.46. The molecule has 0 aliphatic heterocycles. The molecular formula is C27H56O2Si3. The van der Waals surface area contributed by atoms with E-state index in [2.05, 4.69) is 112 Å². The quantitative estimate of drug-likeness (QED) is 0.222. The van der Waals surface area contributed by atoms with Gasteiger partial charge in [-0.15, -0.1) is 6.58 Å². The van der Waals surface area contributed by atoms with Gasteiger partial charge < -0.3 is 8.85 Å². The summed E-state index contributed by atoms with van der Waals surface area (Å²) in [7, 11) is -4.65. The summed E-state index contributed by atoms with van der Waals surface area (Å²) in [6.45, 7) is 36.8. The minimum absolute atomic E-state index is 0.235. The Hall–Kier alpha value is 0.0506. The lowest BCUT2D eigenvalue weighted by atomic mass is 9.88. The third-order valence-electron chi connectivity index (χ3n) is 8.50. The average molecular weight is 497 g/mol. The summed E-state index contributed by atoms with van der Waals surface area (Å²) in [5.41, 5.74) is 0. The van der Waals surface area contributed by atoms with Gasteiger partial charge in [0, 0.05) is 21.3 Å². The molecule has 0 aromatic heterocycles. The van der Waals surface area contributed by atoms with Crippen LogP contribution in [0.1, 0.15) is 48.0 Å². The van der Waals surface area contributed by atoms with Crippen molar-refractivity contribution in [2.24, 2.45) is 23.7 Å². The van der Waals surface area contributed by atoms with E-state index in [1.54, 1.807) is 0 Å². The molecule has 4 atom stereocenters. The SMILES string of the molecule is C=C[C@@H]1C[C@H](C=CC[Si](C)(C)C)[C@H](CO[Si](C)(C)C(C)(C)C)[C@@H]1CO[Si](C)(C)C(C)(C)C. The highest BCUT2D eigenvalue weighted by Gasteiger charge is 2.45. The molecule has 0 heterocycles. The first-order chi connectivity index (χ1) is 14.2. The molecule has 0 saturated heterocycles. The summed E-state index contributed by atoms with van der Waals surface area (Å²) in [6, 6.07) is 1.25. The van der Waals surface area contributed by atoms with Gasteiger partial charge in [0.25, 0.3) is 0 Å². The highest BCUT2D eigenvalue weighted by molar-refractivity contribution is 6.76. The van der Waals surface area contributed by atoms with Crippen molar-refractivity contribution in [3.63, 3.8) is 0 Å². The van der Waals surface area contributed by atoms with Gasteiger partial charge in [0.15, 0.2) is 16.6 Å². The summed E-state index contributed by atoms with van der Waals surface area (Å²) in [5.74, 6) is 2.07. The van der Waals surface area contributed by atoms with Gasteiger partial charge in [-0.2, -0.15) is 0 Å². The molecule has 188 valence electrons. The Kier molecular flexibility index (Phi) is 10.1. The largest absolute Gasteiger partial charge is 0.417 e. The van der Waals surface area contributed by atoms with Gasteiger partial charge in [-0.25, -0.2) is 0 Å². The second-order valence-corrected chi connectivity index (χ2v) is 29.6. The standard InChI is InChI=1S/C27H56O2Si3/c1-15-22-19-23(17-16-18-30(8,9)10)25(21-29-32(13,14)27(5,6)7)24(22)20-28-31(11,12)26(2,3)4/h15-17,22-25H,1,18-21H2,2-14H3/t22-,23+,24-,25+/m1/s1. The predicted octanol–water partition coefficient (Wildman–Crippen LogP) is 8.98. The molecular weight excluding hydrogens is 441 g/mol. The number of allylic oxidation sites excluding steroid dienone is 3. The zero-order chi connectivity index (χ0) is 25.2. The van der Waals surface area contributed by atoms with E-state index in [9.17, 15) is 0 Å². The zero-order valence-electron chi connectivity index (χ0n) is 23.9. The number of hydrogen-bond acceptors (Lipinski definition) is 2. The lowest BCUT2D eigenvalue weighted by Crippen LogP contribution is -2.45. The van der Waals surface area contributed by atoms with Gasteiger partial charge in [-0.3, -0.25) is 0 Å². The Morgan fingerprint density at radius 1 is 0.750 bits per heavy atom. The molecule has 1 rings (SSSR count). The van der Waals surface area contributed by atoms with Crippen molar-refractivity contribution in [1.29, 1.82) is 0 Å². The first-order valence-corrected chi connectivity index (χ1v) is 22.3. The molecule has 1 saturated carbocycles. The summed E-state index contributed by atoms with van der Waals surface area (Å²) in [5, 5.41) is 0.471.